The van der Waals surface area contributed by atoms with Gasteiger partial charge in [-0.25, -0.2) is 9.48 Å². The van der Waals surface area contributed by atoms with Gasteiger partial charge in [-0.1, -0.05) is 23.7 Å². The second kappa shape index (κ2) is 9.35. The Morgan fingerprint density at radius 3 is 2.55 bits per heavy atom. The molecule has 0 unspecified atom stereocenters. The lowest BCUT2D eigenvalue weighted by Crippen LogP contribution is -2.33. The zero-order chi connectivity index (χ0) is 22.9. The van der Waals surface area contributed by atoms with Crippen LogP contribution in [0.3, 0.4) is 0 Å². The topological polar surface area (TPSA) is 83.1 Å². The second-order valence-electron chi connectivity index (χ2n) is 9.25. The van der Waals surface area contributed by atoms with E-state index in [-0.39, 0.29) is 28.4 Å². The Morgan fingerprint density at radius 1 is 1.09 bits per heavy atom. The van der Waals surface area contributed by atoms with Crippen LogP contribution in [0, 0.1) is 5.92 Å². The number of nitrogens with zero attached hydrogens (tertiary/aromatic N) is 4. The minimum absolute atomic E-state index is 0.0109. The highest BCUT2D eigenvalue weighted by molar-refractivity contribution is 6.32. The maximum Gasteiger partial charge on any atom is 0.329 e. The number of aromatic nitrogens is 4. The lowest BCUT2D eigenvalue weighted by atomic mass is 9.91. The molecule has 0 spiro atoms. The van der Waals surface area contributed by atoms with Gasteiger partial charge in [0.25, 0.3) is 5.56 Å². The van der Waals surface area contributed by atoms with Crippen molar-refractivity contribution in [2.24, 2.45) is 13.0 Å². The summed E-state index contributed by atoms with van der Waals surface area (Å²) in [6.07, 6.45) is 7.00. The molecule has 8 nitrogen and oxygen atoms in total. The lowest BCUT2D eigenvalue weighted by molar-refractivity contribution is 0.0595. The van der Waals surface area contributed by atoms with Crippen LogP contribution in [0.15, 0.2) is 40.1 Å². The maximum absolute atomic E-state index is 13.0. The van der Waals surface area contributed by atoms with E-state index in [1.54, 1.807) is 10.8 Å². The van der Waals surface area contributed by atoms with Crippen LogP contribution in [0.1, 0.15) is 50.6 Å². The number of halogens is 1. The van der Waals surface area contributed by atoms with Crippen molar-refractivity contribution in [3.63, 3.8) is 0 Å². The van der Waals surface area contributed by atoms with Crippen molar-refractivity contribution in [3.8, 4) is 0 Å². The van der Waals surface area contributed by atoms with Gasteiger partial charge < -0.3 is 10.1 Å². The largest absolute Gasteiger partial charge is 0.382 e. The van der Waals surface area contributed by atoms with Crippen molar-refractivity contribution in [3.05, 3.63) is 56.3 Å². The van der Waals surface area contributed by atoms with Crippen LogP contribution in [-0.2, 0) is 11.8 Å². The standard InChI is InChI=1S/C24H30ClN5O3/c1-28-20-6-2-3-7-21(20)29(24(28)32)17-8-10-18(11-9-17)30-23(31)22(25)19(14-27-30)26-13-16-5-4-12-33-15-16/h2-3,6-7,14,16-18,26H,4-5,8-13,15H2,1H3/t16-,17?,18?/m0/s1. The van der Waals surface area contributed by atoms with Crippen LogP contribution in [0.2, 0.25) is 5.02 Å². The number of hydrogen-bond donors (Lipinski definition) is 1. The molecule has 9 heteroatoms. The molecule has 1 saturated carbocycles. The van der Waals surface area contributed by atoms with Crippen LogP contribution < -0.4 is 16.6 Å². The number of para-hydroxylation sites is 2. The molecule has 5 rings (SSSR count). The number of rotatable bonds is 5. The SMILES string of the molecule is Cn1c(=O)n(C2CCC(n3ncc(NC[C@@H]4CCCOC4)c(Cl)c3=O)CC2)c2ccccc21. The van der Waals surface area contributed by atoms with Gasteiger partial charge in [-0.15, -0.1) is 0 Å². The Bertz CT molecular complexity index is 1250. The third kappa shape index (κ3) is 4.22. The summed E-state index contributed by atoms with van der Waals surface area (Å²) in [6, 6.07) is 7.99. The molecular formula is C24H30ClN5O3. The van der Waals surface area contributed by atoms with Gasteiger partial charge in [0, 0.05) is 26.2 Å². The number of benzene rings is 1. The zero-order valence-corrected chi connectivity index (χ0v) is 19.6. The molecule has 1 atom stereocenters. The summed E-state index contributed by atoms with van der Waals surface area (Å²) in [6.45, 7) is 2.28. The molecule has 33 heavy (non-hydrogen) atoms. The average Bonchev–Trinajstić information content (AvgIpc) is 3.11. The van der Waals surface area contributed by atoms with Crippen LogP contribution in [0.25, 0.3) is 11.0 Å². The number of fused-ring (bicyclic) bond motifs is 1. The Morgan fingerprint density at radius 2 is 1.82 bits per heavy atom. The monoisotopic (exact) mass is 471 g/mol. The van der Waals surface area contributed by atoms with Crippen LogP contribution in [0.4, 0.5) is 5.69 Å². The second-order valence-corrected chi connectivity index (χ2v) is 9.63. The highest BCUT2D eigenvalue weighted by Gasteiger charge is 2.28. The lowest BCUT2D eigenvalue weighted by Gasteiger charge is -2.30. The van der Waals surface area contributed by atoms with Gasteiger partial charge in [0.15, 0.2) is 0 Å². The van der Waals surface area contributed by atoms with Gasteiger partial charge in [0.05, 0.1) is 35.6 Å². The molecule has 2 aliphatic rings. The first-order chi connectivity index (χ1) is 16.0. The minimum atomic E-state index is -0.257. The molecule has 1 aliphatic heterocycles. The molecule has 1 aromatic carbocycles. The summed E-state index contributed by atoms with van der Waals surface area (Å²) in [4.78, 5) is 25.8. The summed E-state index contributed by atoms with van der Waals surface area (Å²) in [5, 5.41) is 7.92. The first-order valence-electron chi connectivity index (χ1n) is 11.8. The smallest absolute Gasteiger partial charge is 0.329 e. The number of anilines is 1. The summed E-state index contributed by atoms with van der Waals surface area (Å²) in [5.74, 6) is 0.421. The van der Waals surface area contributed by atoms with E-state index in [1.807, 2.05) is 35.9 Å². The third-order valence-corrected chi connectivity index (χ3v) is 7.52. The van der Waals surface area contributed by atoms with Gasteiger partial charge >= 0.3 is 5.69 Å². The summed E-state index contributed by atoms with van der Waals surface area (Å²) < 4.78 is 10.7. The molecule has 2 fully saturated rings. The van der Waals surface area contributed by atoms with Crippen molar-refractivity contribution >= 4 is 28.3 Å². The Kier molecular flexibility index (Phi) is 6.29. The quantitative estimate of drug-likeness (QED) is 0.612. The third-order valence-electron chi connectivity index (χ3n) is 7.15. The van der Waals surface area contributed by atoms with E-state index in [9.17, 15) is 9.59 Å². The molecule has 3 heterocycles. The predicted octanol–water partition coefficient (Wildman–Crippen LogP) is 3.75. The molecule has 2 aromatic heterocycles. The van der Waals surface area contributed by atoms with Gasteiger partial charge in [0.1, 0.15) is 5.02 Å². The number of hydrogen-bond acceptors (Lipinski definition) is 5. The van der Waals surface area contributed by atoms with E-state index in [0.717, 1.165) is 69.3 Å². The van der Waals surface area contributed by atoms with Crippen molar-refractivity contribution in [2.45, 2.75) is 50.6 Å². The van der Waals surface area contributed by atoms with Crippen molar-refractivity contribution in [1.29, 1.82) is 0 Å². The van der Waals surface area contributed by atoms with Crippen molar-refractivity contribution in [2.75, 3.05) is 25.1 Å². The maximum atomic E-state index is 13.0. The first-order valence-corrected chi connectivity index (χ1v) is 12.2. The van der Waals surface area contributed by atoms with E-state index in [4.69, 9.17) is 16.3 Å². The summed E-state index contributed by atoms with van der Waals surface area (Å²) >= 11 is 6.43. The number of ether oxygens (including phenoxy) is 1. The van der Waals surface area contributed by atoms with Gasteiger partial charge in [0.2, 0.25) is 0 Å². The fraction of sp³-hybridized carbons (Fsp3) is 0.542. The van der Waals surface area contributed by atoms with E-state index in [0.29, 0.717) is 11.6 Å². The predicted molar refractivity (Wildman–Crippen MR) is 129 cm³/mol. The van der Waals surface area contributed by atoms with Gasteiger partial charge in [-0.2, -0.15) is 5.10 Å². The first kappa shape index (κ1) is 22.2. The molecule has 0 radical (unpaired) electrons. The molecule has 1 saturated heterocycles. The highest BCUT2D eigenvalue weighted by Crippen LogP contribution is 2.35. The molecule has 1 N–H and O–H groups in total. The van der Waals surface area contributed by atoms with E-state index >= 15 is 0 Å². The Balaban J connectivity index is 1.28. The van der Waals surface area contributed by atoms with Crippen LogP contribution in [-0.4, -0.2) is 38.7 Å². The summed E-state index contributed by atoms with van der Waals surface area (Å²) in [7, 11) is 1.81. The van der Waals surface area contributed by atoms with Crippen molar-refractivity contribution in [1.82, 2.24) is 18.9 Å². The van der Waals surface area contributed by atoms with E-state index < -0.39 is 0 Å². The fourth-order valence-corrected chi connectivity index (χ4v) is 5.49. The van der Waals surface area contributed by atoms with E-state index in [1.165, 1.54) is 4.68 Å². The molecule has 0 amide bonds. The Hall–Kier alpha value is -2.58. The zero-order valence-electron chi connectivity index (χ0n) is 18.9. The molecular weight excluding hydrogens is 442 g/mol. The van der Waals surface area contributed by atoms with E-state index in [2.05, 4.69) is 10.4 Å². The molecule has 0 bridgehead atoms. The molecule has 1 aliphatic carbocycles. The Labute approximate surface area is 197 Å². The number of imidazole rings is 1. The van der Waals surface area contributed by atoms with Crippen LogP contribution >= 0.6 is 11.6 Å². The minimum Gasteiger partial charge on any atom is -0.382 e. The van der Waals surface area contributed by atoms with Crippen LogP contribution in [0.5, 0.6) is 0 Å². The fourth-order valence-electron chi connectivity index (χ4n) is 5.28. The normalized spacial score (nSPS) is 23.6. The average molecular weight is 472 g/mol. The molecule has 176 valence electrons. The highest BCUT2D eigenvalue weighted by atomic mass is 35.5. The van der Waals surface area contributed by atoms with Crippen molar-refractivity contribution < 1.29 is 4.74 Å². The number of aryl methyl sites for hydroxylation is 1. The summed E-state index contributed by atoms with van der Waals surface area (Å²) in [5.41, 5.74) is 2.24. The van der Waals surface area contributed by atoms with Gasteiger partial charge in [-0.05, 0) is 56.6 Å². The molecule has 3 aromatic rings. The van der Waals surface area contributed by atoms with Gasteiger partial charge in [-0.3, -0.25) is 13.9 Å². The number of nitrogens with one attached hydrogen (secondary N) is 1.